The molecule has 3 rings (SSSR count). The largest absolute Gasteiger partial charge is 0.305 e. The highest BCUT2D eigenvalue weighted by molar-refractivity contribution is 7.12. The van der Waals surface area contributed by atoms with Crippen LogP contribution in [0.25, 0.3) is 0 Å². The molecule has 0 saturated carbocycles. The number of hydrogen-bond acceptors (Lipinski definition) is 2. The molecule has 1 unspecified atom stereocenters. The Balaban J connectivity index is 2.04. The topological polar surface area (TPSA) is 12.0 Å². The smallest absolute Gasteiger partial charge is 0.0673 e. The second-order valence-electron chi connectivity index (χ2n) is 4.28. The number of nitrogens with one attached hydrogen (secondary N) is 1. The number of aryl methyl sites for hydroxylation is 1. The van der Waals surface area contributed by atoms with Crippen molar-refractivity contribution in [2.45, 2.75) is 19.4 Å². The summed E-state index contributed by atoms with van der Waals surface area (Å²) in [5.74, 6) is 0. The normalized spacial score (nSPS) is 19.4. The van der Waals surface area contributed by atoms with Gasteiger partial charge in [0.05, 0.1) is 6.04 Å². The van der Waals surface area contributed by atoms with Crippen LogP contribution in [0.1, 0.15) is 26.9 Å². The predicted molar refractivity (Wildman–Crippen MR) is 69.0 cm³/mol. The molecule has 1 atom stereocenters. The maximum absolute atomic E-state index is 3.62. The molecule has 0 bridgehead atoms. The van der Waals surface area contributed by atoms with E-state index in [2.05, 4.69) is 48.6 Å². The molecule has 1 aromatic carbocycles. The summed E-state index contributed by atoms with van der Waals surface area (Å²) in [6.45, 7) is 3.25. The molecule has 0 radical (unpaired) electrons. The lowest BCUT2D eigenvalue weighted by molar-refractivity contribution is 0.575. The maximum Gasteiger partial charge on any atom is 0.0673 e. The highest BCUT2D eigenvalue weighted by atomic mass is 32.1. The van der Waals surface area contributed by atoms with Gasteiger partial charge in [-0.3, -0.25) is 0 Å². The fraction of sp³-hybridized carbons (Fsp3) is 0.286. The zero-order valence-electron chi connectivity index (χ0n) is 9.36. The van der Waals surface area contributed by atoms with Gasteiger partial charge in [0.15, 0.2) is 0 Å². The third-order valence-corrected chi connectivity index (χ3v) is 4.22. The third-order valence-electron chi connectivity index (χ3n) is 3.15. The molecule has 1 nitrogen and oxygen atoms in total. The number of benzene rings is 1. The van der Waals surface area contributed by atoms with Crippen molar-refractivity contribution in [3.63, 3.8) is 0 Å². The Kier molecular flexibility index (Phi) is 2.54. The molecule has 0 aliphatic carbocycles. The molecule has 82 valence electrons. The first-order valence-corrected chi connectivity index (χ1v) is 6.54. The quantitative estimate of drug-likeness (QED) is 0.791. The zero-order chi connectivity index (χ0) is 11.0. The Morgan fingerprint density at radius 2 is 2.06 bits per heavy atom. The van der Waals surface area contributed by atoms with E-state index < -0.39 is 0 Å². The molecule has 1 aliphatic rings. The van der Waals surface area contributed by atoms with Crippen molar-refractivity contribution >= 4 is 11.3 Å². The summed E-state index contributed by atoms with van der Waals surface area (Å²) in [5, 5.41) is 3.62. The van der Waals surface area contributed by atoms with E-state index in [9.17, 15) is 0 Å². The lowest BCUT2D eigenvalue weighted by Crippen LogP contribution is -2.29. The van der Waals surface area contributed by atoms with Crippen LogP contribution in [0.3, 0.4) is 0 Å². The van der Waals surface area contributed by atoms with Gasteiger partial charge in [-0.2, -0.15) is 0 Å². The van der Waals surface area contributed by atoms with E-state index in [0.29, 0.717) is 6.04 Å². The zero-order valence-corrected chi connectivity index (χ0v) is 10.2. The van der Waals surface area contributed by atoms with Crippen molar-refractivity contribution < 1.29 is 0 Å². The molecule has 0 spiro atoms. The summed E-state index contributed by atoms with van der Waals surface area (Å²) >= 11 is 1.90. The summed E-state index contributed by atoms with van der Waals surface area (Å²) in [5.41, 5.74) is 2.95. The molecular weight excluding hydrogens is 214 g/mol. The average molecular weight is 229 g/mol. The number of thiophene rings is 1. The fourth-order valence-electron chi connectivity index (χ4n) is 2.37. The summed E-state index contributed by atoms with van der Waals surface area (Å²) in [7, 11) is 0. The highest BCUT2D eigenvalue weighted by Gasteiger charge is 2.21. The Morgan fingerprint density at radius 3 is 2.88 bits per heavy atom. The highest BCUT2D eigenvalue weighted by Crippen LogP contribution is 2.32. The van der Waals surface area contributed by atoms with E-state index in [1.165, 1.54) is 20.9 Å². The van der Waals surface area contributed by atoms with Crippen molar-refractivity contribution in [2.24, 2.45) is 0 Å². The molecule has 1 aliphatic heterocycles. The van der Waals surface area contributed by atoms with Crippen LogP contribution in [-0.4, -0.2) is 6.54 Å². The van der Waals surface area contributed by atoms with Crippen LogP contribution < -0.4 is 5.32 Å². The SMILES string of the molecule is Cc1ccc(C2NCCc3ccccc32)s1. The minimum Gasteiger partial charge on any atom is -0.305 e. The van der Waals surface area contributed by atoms with Gasteiger partial charge in [-0.05, 0) is 36.6 Å². The molecular formula is C14H15NS. The van der Waals surface area contributed by atoms with Crippen molar-refractivity contribution in [3.05, 3.63) is 57.3 Å². The number of rotatable bonds is 1. The van der Waals surface area contributed by atoms with E-state index in [1.54, 1.807) is 0 Å². The van der Waals surface area contributed by atoms with E-state index in [1.807, 2.05) is 11.3 Å². The van der Waals surface area contributed by atoms with E-state index in [0.717, 1.165) is 13.0 Å². The van der Waals surface area contributed by atoms with Crippen molar-refractivity contribution in [2.75, 3.05) is 6.54 Å². The van der Waals surface area contributed by atoms with Gasteiger partial charge < -0.3 is 5.32 Å². The van der Waals surface area contributed by atoms with Gasteiger partial charge in [-0.25, -0.2) is 0 Å². The Hall–Kier alpha value is -1.12. The first-order chi connectivity index (χ1) is 7.84. The molecule has 2 heteroatoms. The van der Waals surface area contributed by atoms with Crippen molar-refractivity contribution in [3.8, 4) is 0 Å². The Morgan fingerprint density at radius 1 is 1.19 bits per heavy atom. The maximum atomic E-state index is 3.62. The van der Waals surface area contributed by atoms with Gasteiger partial charge in [-0.1, -0.05) is 24.3 Å². The Labute approximate surface area is 100 Å². The van der Waals surface area contributed by atoms with Crippen LogP contribution in [0, 0.1) is 6.92 Å². The van der Waals surface area contributed by atoms with Gasteiger partial charge in [0, 0.05) is 16.3 Å². The van der Waals surface area contributed by atoms with Crippen LogP contribution >= 0.6 is 11.3 Å². The lowest BCUT2D eigenvalue weighted by atomic mass is 9.93. The molecule has 2 heterocycles. The molecule has 0 saturated heterocycles. The summed E-state index contributed by atoms with van der Waals surface area (Å²) in [6, 6.07) is 13.6. The Bertz CT molecular complexity index is 501. The monoisotopic (exact) mass is 229 g/mol. The van der Waals surface area contributed by atoms with E-state index in [4.69, 9.17) is 0 Å². The molecule has 1 N–H and O–H groups in total. The van der Waals surface area contributed by atoms with Crippen molar-refractivity contribution in [1.82, 2.24) is 5.32 Å². The molecule has 1 aromatic heterocycles. The number of hydrogen-bond donors (Lipinski definition) is 1. The molecule has 2 aromatic rings. The number of fused-ring (bicyclic) bond motifs is 1. The lowest BCUT2D eigenvalue weighted by Gasteiger charge is -2.26. The summed E-state index contributed by atoms with van der Waals surface area (Å²) in [6.07, 6.45) is 1.15. The van der Waals surface area contributed by atoms with Crippen LogP contribution in [-0.2, 0) is 6.42 Å². The molecule has 16 heavy (non-hydrogen) atoms. The van der Waals surface area contributed by atoms with Gasteiger partial charge in [-0.15, -0.1) is 11.3 Å². The fourth-order valence-corrected chi connectivity index (χ4v) is 3.34. The first-order valence-electron chi connectivity index (χ1n) is 5.72. The second-order valence-corrected chi connectivity index (χ2v) is 5.60. The second kappa shape index (κ2) is 4.04. The van der Waals surface area contributed by atoms with Gasteiger partial charge in [0.2, 0.25) is 0 Å². The van der Waals surface area contributed by atoms with Gasteiger partial charge in [0.1, 0.15) is 0 Å². The molecule has 0 amide bonds. The van der Waals surface area contributed by atoms with Crippen LogP contribution in [0.2, 0.25) is 0 Å². The third kappa shape index (κ3) is 1.68. The minimum atomic E-state index is 0.406. The minimum absolute atomic E-state index is 0.406. The van der Waals surface area contributed by atoms with Crippen LogP contribution in [0.5, 0.6) is 0 Å². The first kappa shape index (κ1) is 10.1. The van der Waals surface area contributed by atoms with E-state index >= 15 is 0 Å². The van der Waals surface area contributed by atoms with E-state index in [-0.39, 0.29) is 0 Å². The van der Waals surface area contributed by atoms with Crippen LogP contribution in [0.4, 0.5) is 0 Å². The standard InChI is InChI=1S/C14H15NS/c1-10-6-7-13(16-10)14-12-5-3-2-4-11(12)8-9-15-14/h2-7,14-15H,8-9H2,1H3. The average Bonchev–Trinajstić information content (AvgIpc) is 2.75. The summed E-state index contributed by atoms with van der Waals surface area (Å²) < 4.78 is 0. The van der Waals surface area contributed by atoms with Crippen molar-refractivity contribution in [1.29, 1.82) is 0 Å². The van der Waals surface area contributed by atoms with Gasteiger partial charge in [0.25, 0.3) is 0 Å². The summed E-state index contributed by atoms with van der Waals surface area (Å²) in [4.78, 5) is 2.82. The predicted octanol–water partition coefficient (Wildman–Crippen LogP) is 3.29. The molecule has 0 fully saturated rings. The van der Waals surface area contributed by atoms with Crippen LogP contribution in [0.15, 0.2) is 36.4 Å². The van der Waals surface area contributed by atoms with Gasteiger partial charge >= 0.3 is 0 Å².